The summed E-state index contributed by atoms with van der Waals surface area (Å²) in [5, 5.41) is 0. The summed E-state index contributed by atoms with van der Waals surface area (Å²) >= 11 is 4.84. The third-order valence-electron chi connectivity index (χ3n) is 2.06. The van der Waals surface area contributed by atoms with Crippen LogP contribution in [-0.4, -0.2) is 17.2 Å². The summed E-state index contributed by atoms with van der Waals surface area (Å²) < 4.78 is 5.63. The Morgan fingerprint density at radius 1 is 1.58 bits per heavy atom. The molecule has 2 N–H and O–H groups in total. The van der Waals surface area contributed by atoms with Gasteiger partial charge in [0, 0.05) is 5.92 Å². The maximum Gasteiger partial charge on any atom is 0.0779 e. The Bertz CT molecular complexity index is 157. The molecule has 0 aliphatic rings. The van der Waals surface area contributed by atoms with Gasteiger partial charge in [-0.2, -0.15) is 0 Å². The zero-order chi connectivity index (χ0) is 9.78. The van der Waals surface area contributed by atoms with E-state index in [1.165, 1.54) is 0 Å². The maximum atomic E-state index is 5.63. The molecule has 0 aliphatic heterocycles. The molecule has 2 nitrogen and oxygen atoms in total. The fraction of sp³-hybridized carbons (Fsp3) is 0.889. The first kappa shape index (κ1) is 11.8. The van der Waals surface area contributed by atoms with Crippen LogP contribution in [-0.2, 0) is 4.74 Å². The number of nitrogens with two attached hydrogens (primary N) is 1. The third kappa shape index (κ3) is 4.67. The molecule has 12 heavy (non-hydrogen) atoms. The van der Waals surface area contributed by atoms with E-state index < -0.39 is 0 Å². The Morgan fingerprint density at radius 3 is 2.42 bits per heavy atom. The fourth-order valence-corrected chi connectivity index (χ4v) is 0.603. The van der Waals surface area contributed by atoms with Crippen LogP contribution in [0.3, 0.4) is 0 Å². The van der Waals surface area contributed by atoms with Gasteiger partial charge in [0.25, 0.3) is 0 Å². The molecule has 0 heterocycles. The Balaban J connectivity index is 3.75. The van der Waals surface area contributed by atoms with Crippen LogP contribution >= 0.6 is 12.2 Å². The highest BCUT2D eigenvalue weighted by Gasteiger charge is 2.17. The molecule has 0 aliphatic carbocycles. The van der Waals surface area contributed by atoms with Gasteiger partial charge in [-0.3, -0.25) is 0 Å². The molecule has 72 valence electrons. The predicted octanol–water partition coefficient (Wildman–Crippen LogP) is 2.11. The number of hydrogen-bond acceptors (Lipinski definition) is 2. The first-order valence-corrected chi connectivity index (χ1v) is 4.73. The third-order valence-corrected chi connectivity index (χ3v) is 2.46. The van der Waals surface area contributed by atoms with Gasteiger partial charge < -0.3 is 10.5 Å². The van der Waals surface area contributed by atoms with Crippen LogP contribution in [0.25, 0.3) is 0 Å². The number of rotatable bonds is 5. The van der Waals surface area contributed by atoms with Crippen molar-refractivity contribution in [2.24, 2.45) is 11.7 Å². The molecule has 0 amide bonds. The van der Waals surface area contributed by atoms with Crippen LogP contribution in [0.2, 0.25) is 0 Å². The van der Waals surface area contributed by atoms with Crippen molar-refractivity contribution >= 4 is 17.2 Å². The SMILES string of the molecule is CCC(C)(C)OCC(C)C(N)=S. The predicted molar refractivity (Wildman–Crippen MR) is 56.3 cm³/mol. The molecule has 0 saturated carbocycles. The topological polar surface area (TPSA) is 35.2 Å². The zero-order valence-electron chi connectivity index (χ0n) is 8.39. The standard InChI is InChI=1S/C9H19NOS/c1-5-9(3,4)11-6-7(2)8(10)12/h7H,5-6H2,1-4H3,(H2,10,12). The molecule has 0 spiro atoms. The van der Waals surface area contributed by atoms with Gasteiger partial charge in [0.1, 0.15) is 0 Å². The molecule has 1 unspecified atom stereocenters. The van der Waals surface area contributed by atoms with Gasteiger partial charge in [-0.15, -0.1) is 0 Å². The van der Waals surface area contributed by atoms with Crippen molar-refractivity contribution in [3.63, 3.8) is 0 Å². The van der Waals surface area contributed by atoms with Gasteiger partial charge in [-0.25, -0.2) is 0 Å². The number of hydrogen-bond donors (Lipinski definition) is 1. The molecule has 0 saturated heterocycles. The van der Waals surface area contributed by atoms with Crippen molar-refractivity contribution < 1.29 is 4.74 Å². The smallest absolute Gasteiger partial charge is 0.0779 e. The van der Waals surface area contributed by atoms with Crippen LogP contribution in [0.5, 0.6) is 0 Å². The van der Waals surface area contributed by atoms with E-state index >= 15 is 0 Å². The Labute approximate surface area is 80.5 Å². The monoisotopic (exact) mass is 189 g/mol. The highest BCUT2D eigenvalue weighted by Crippen LogP contribution is 2.14. The molecule has 0 rings (SSSR count). The van der Waals surface area contributed by atoms with Crippen LogP contribution < -0.4 is 5.73 Å². The molecule has 1 atom stereocenters. The molecule has 0 aromatic rings. The molecule has 0 aromatic carbocycles. The Morgan fingerprint density at radius 2 is 2.08 bits per heavy atom. The summed E-state index contributed by atoms with van der Waals surface area (Å²) in [5.74, 6) is 0.172. The molecule has 0 fully saturated rings. The van der Waals surface area contributed by atoms with Crippen molar-refractivity contribution in [2.45, 2.75) is 39.7 Å². The highest BCUT2D eigenvalue weighted by molar-refractivity contribution is 7.80. The van der Waals surface area contributed by atoms with Crippen molar-refractivity contribution in [1.82, 2.24) is 0 Å². The molecule has 3 heteroatoms. The summed E-state index contributed by atoms with van der Waals surface area (Å²) in [6.45, 7) is 8.84. The van der Waals surface area contributed by atoms with Gasteiger partial charge in [-0.1, -0.05) is 26.1 Å². The lowest BCUT2D eigenvalue weighted by Gasteiger charge is -2.25. The molecular formula is C9H19NOS. The first-order chi connectivity index (χ1) is 5.39. The van der Waals surface area contributed by atoms with Crippen LogP contribution in [0, 0.1) is 5.92 Å². The lowest BCUT2D eigenvalue weighted by molar-refractivity contribution is -0.0269. The number of thiocarbonyl (C=S) groups is 1. The fourth-order valence-electron chi connectivity index (χ4n) is 0.535. The largest absolute Gasteiger partial charge is 0.393 e. The second-order valence-corrected chi connectivity index (χ2v) is 4.20. The van der Waals surface area contributed by atoms with Crippen molar-refractivity contribution in [3.05, 3.63) is 0 Å². The van der Waals surface area contributed by atoms with Crippen LogP contribution in [0.1, 0.15) is 34.1 Å². The van der Waals surface area contributed by atoms with E-state index in [1.54, 1.807) is 0 Å². The second-order valence-electron chi connectivity index (χ2n) is 3.73. The summed E-state index contributed by atoms with van der Waals surface area (Å²) in [6, 6.07) is 0. The Hall–Kier alpha value is -0.150. The lowest BCUT2D eigenvalue weighted by atomic mass is 10.1. The summed E-state index contributed by atoms with van der Waals surface area (Å²) in [4.78, 5) is 0.530. The van der Waals surface area contributed by atoms with Gasteiger partial charge >= 0.3 is 0 Å². The zero-order valence-corrected chi connectivity index (χ0v) is 9.20. The minimum Gasteiger partial charge on any atom is -0.393 e. The minimum absolute atomic E-state index is 0.0565. The average Bonchev–Trinajstić information content (AvgIpc) is 2.00. The molecular weight excluding hydrogens is 170 g/mol. The van der Waals surface area contributed by atoms with Gasteiger partial charge in [-0.05, 0) is 20.3 Å². The lowest BCUT2D eigenvalue weighted by Crippen LogP contribution is -2.30. The normalized spacial score (nSPS) is 14.3. The van der Waals surface area contributed by atoms with Crippen molar-refractivity contribution in [3.8, 4) is 0 Å². The maximum absolute atomic E-state index is 5.63. The number of ether oxygens (including phenoxy) is 1. The van der Waals surface area contributed by atoms with E-state index in [9.17, 15) is 0 Å². The molecule has 0 bridgehead atoms. The van der Waals surface area contributed by atoms with Crippen LogP contribution in [0.15, 0.2) is 0 Å². The van der Waals surface area contributed by atoms with Crippen molar-refractivity contribution in [1.29, 1.82) is 0 Å². The second kappa shape index (κ2) is 4.77. The summed E-state index contributed by atoms with van der Waals surface area (Å²) in [6.07, 6.45) is 0.997. The van der Waals surface area contributed by atoms with Crippen LogP contribution in [0.4, 0.5) is 0 Å². The van der Waals surface area contributed by atoms with Gasteiger partial charge in [0.05, 0.1) is 17.2 Å². The van der Waals surface area contributed by atoms with Crippen molar-refractivity contribution in [2.75, 3.05) is 6.61 Å². The highest BCUT2D eigenvalue weighted by atomic mass is 32.1. The van der Waals surface area contributed by atoms with Gasteiger partial charge in [0.2, 0.25) is 0 Å². The quantitative estimate of drug-likeness (QED) is 0.673. The summed E-state index contributed by atoms with van der Waals surface area (Å²) in [7, 11) is 0. The van der Waals surface area contributed by atoms with E-state index in [1.807, 2.05) is 6.92 Å². The van der Waals surface area contributed by atoms with Gasteiger partial charge in [0.15, 0.2) is 0 Å². The van der Waals surface area contributed by atoms with E-state index in [-0.39, 0.29) is 11.5 Å². The first-order valence-electron chi connectivity index (χ1n) is 4.32. The molecule has 0 aromatic heterocycles. The Kier molecular flexibility index (Phi) is 4.71. The minimum atomic E-state index is -0.0565. The van der Waals surface area contributed by atoms with E-state index in [0.717, 1.165) is 6.42 Å². The summed E-state index contributed by atoms with van der Waals surface area (Å²) in [5.41, 5.74) is 5.40. The van der Waals surface area contributed by atoms with E-state index in [4.69, 9.17) is 22.7 Å². The van der Waals surface area contributed by atoms with E-state index in [2.05, 4.69) is 20.8 Å². The van der Waals surface area contributed by atoms with E-state index in [0.29, 0.717) is 11.6 Å². The molecule has 0 radical (unpaired) electrons. The average molecular weight is 189 g/mol.